The number of hydrogen-bond acceptors (Lipinski definition) is 5. The molecule has 1 fully saturated rings. The number of nitrogens with zero attached hydrogens (tertiary/aromatic N) is 2. The lowest BCUT2D eigenvalue weighted by molar-refractivity contribution is -0.274. The van der Waals surface area contributed by atoms with Crippen LogP contribution in [0.3, 0.4) is 0 Å². The Morgan fingerprint density at radius 2 is 1.87 bits per heavy atom. The molecule has 10 heteroatoms. The number of amides is 1. The fourth-order valence-electron chi connectivity index (χ4n) is 3.57. The van der Waals surface area contributed by atoms with Crippen molar-refractivity contribution in [3.05, 3.63) is 66.1 Å². The Hall–Kier alpha value is -3.07. The summed E-state index contributed by atoms with van der Waals surface area (Å²) in [6.07, 6.45) is -3.20. The van der Waals surface area contributed by atoms with E-state index in [0.29, 0.717) is 30.4 Å². The molecule has 1 N–H and O–H groups in total. The molecule has 6 nitrogen and oxygen atoms in total. The van der Waals surface area contributed by atoms with Crippen molar-refractivity contribution in [1.29, 1.82) is 0 Å². The van der Waals surface area contributed by atoms with Gasteiger partial charge in [0.05, 0.1) is 0 Å². The molecule has 1 amide bonds. The van der Waals surface area contributed by atoms with Gasteiger partial charge in [-0.3, -0.25) is 4.79 Å². The molecule has 0 bridgehead atoms. The van der Waals surface area contributed by atoms with Crippen molar-refractivity contribution in [3.63, 3.8) is 0 Å². The van der Waals surface area contributed by atoms with Crippen LogP contribution in [-0.2, 0) is 5.54 Å². The summed E-state index contributed by atoms with van der Waals surface area (Å²) in [7, 11) is 0. The van der Waals surface area contributed by atoms with E-state index in [9.17, 15) is 18.0 Å². The Labute approximate surface area is 180 Å². The number of benzene rings is 2. The Balaban J connectivity index is 1.58. The van der Waals surface area contributed by atoms with Crippen molar-refractivity contribution in [2.45, 2.75) is 36.5 Å². The maximum Gasteiger partial charge on any atom is 0.573 e. The molecule has 0 radical (unpaired) electrons. The van der Waals surface area contributed by atoms with Crippen LogP contribution in [0.1, 0.15) is 35.5 Å². The molecular weight excluding hydrogens is 435 g/mol. The number of carbonyl (C=O) groups excluding carboxylic acids is 1. The summed E-state index contributed by atoms with van der Waals surface area (Å²) in [6.45, 7) is 0. The Kier molecular flexibility index (Phi) is 5.62. The molecule has 1 aromatic heterocycles. The normalized spacial score (nSPS) is 21.1. The van der Waals surface area contributed by atoms with Gasteiger partial charge in [0.2, 0.25) is 5.82 Å². The number of ether oxygens (including phenoxy) is 1. The van der Waals surface area contributed by atoms with Gasteiger partial charge in [-0.15, -0.1) is 24.8 Å². The zero-order chi connectivity index (χ0) is 22.1. The van der Waals surface area contributed by atoms with Crippen molar-refractivity contribution in [1.82, 2.24) is 15.5 Å². The smallest absolute Gasteiger partial charge is 0.406 e. The predicted molar refractivity (Wildman–Crippen MR) is 105 cm³/mol. The van der Waals surface area contributed by atoms with Crippen LogP contribution in [0.4, 0.5) is 13.2 Å². The van der Waals surface area contributed by atoms with Gasteiger partial charge in [-0.25, -0.2) is 0 Å². The number of aromatic nitrogens is 2. The maximum atomic E-state index is 12.8. The first-order chi connectivity index (χ1) is 14.7. The third-order valence-corrected chi connectivity index (χ3v) is 5.40. The van der Waals surface area contributed by atoms with E-state index in [1.807, 2.05) is 6.07 Å². The highest BCUT2D eigenvalue weighted by atomic mass is 35.5. The maximum absolute atomic E-state index is 12.8. The van der Waals surface area contributed by atoms with Gasteiger partial charge in [0.1, 0.15) is 11.3 Å². The largest absolute Gasteiger partial charge is 0.573 e. The lowest BCUT2D eigenvalue weighted by Crippen LogP contribution is -2.44. The second kappa shape index (κ2) is 8.22. The fourth-order valence-corrected chi connectivity index (χ4v) is 3.94. The topological polar surface area (TPSA) is 77.2 Å². The average Bonchev–Trinajstić information content (AvgIpc) is 3.36. The molecule has 0 spiro atoms. The molecule has 1 aliphatic rings. The molecule has 3 aromatic rings. The Morgan fingerprint density at radius 3 is 2.48 bits per heavy atom. The summed E-state index contributed by atoms with van der Waals surface area (Å²) in [5, 5.41) is 6.76. The molecule has 0 saturated heterocycles. The summed E-state index contributed by atoms with van der Waals surface area (Å²) >= 11 is 6.32. The monoisotopic (exact) mass is 451 g/mol. The van der Waals surface area contributed by atoms with Crippen LogP contribution in [0.25, 0.3) is 11.4 Å². The van der Waals surface area contributed by atoms with E-state index in [-0.39, 0.29) is 28.7 Å². The second-order valence-corrected chi connectivity index (χ2v) is 7.85. The van der Waals surface area contributed by atoms with E-state index in [1.54, 1.807) is 24.3 Å². The average molecular weight is 452 g/mol. The second-order valence-electron chi connectivity index (χ2n) is 7.24. The molecule has 1 aliphatic carbocycles. The van der Waals surface area contributed by atoms with Gasteiger partial charge in [-0.05, 0) is 55.7 Å². The SMILES string of the molecule is O=C(NC1(c2nc(-c3ccc(OC(F)(F)F)cc3)no2)CCC(Cl)C1)c1ccccc1. The molecule has 4 rings (SSSR count). The number of hydrogen-bond donors (Lipinski definition) is 1. The first-order valence-electron chi connectivity index (χ1n) is 9.46. The summed E-state index contributed by atoms with van der Waals surface area (Å²) in [5.41, 5.74) is -0.00132. The highest BCUT2D eigenvalue weighted by molar-refractivity contribution is 6.20. The van der Waals surface area contributed by atoms with E-state index >= 15 is 0 Å². The number of rotatable bonds is 5. The summed E-state index contributed by atoms with van der Waals surface area (Å²) < 4.78 is 46.3. The number of halogens is 4. The molecule has 162 valence electrons. The molecule has 2 aromatic carbocycles. The molecule has 31 heavy (non-hydrogen) atoms. The standard InChI is InChI=1S/C21H17ClF3N3O3/c22-15-10-11-20(12-15,27-18(29)14-4-2-1-3-5-14)19-26-17(28-31-19)13-6-8-16(9-7-13)30-21(23,24)25/h1-9,15H,10-12H2,(H,27,29). The van der Waals surface area contributed by atoms with Gasteiger partial charge in [-0.2, -0.15) is 4.98 Å². The van der Waals surface area contributed by atoms with Crippen LogP contribution >= 0.6 is 11.6 Å². The van der Waals surface area contributed by atoms with Crippen molar-refractivity contribution < 1.29 is 27.2 Å². The van der Waals surface area contributed by atoms with Gasteiger partial charge in [-0.1, -0.05) is 23.4 Å². The molecular formula is C21H17ClF3N3O3. The third-order valence-electron chi connectivity index (χ3n) is 5.02. The van der Waals surface area contributed by atoms with Crippen molar-refractivity contribution in [2.75, 3.05) is 0 Å². The Bertz CT molecular complexity index is 1060. The molecule has 0 aliphatic heterocycles. The summed E-state index contributed by atoms with van der Waals surface area (Å²) in [6, 6.07) is 13.8. The first-order valence-corrected chi connectivity index (χ1v) is 9.90. The van der Waals surface area contributed by atoms with Crippen LogP contribution in [0.5, 0.6) is 5.75 Å². The summed E-state index contributed by atoms with van der Waals surface area (Å²) in [5.74, 6) is -0.266. The first kappa shape index (κ1) is 21.2. The highest BCUT2D eigenvalue weighted by Crippen LogP contribution is 2.41. The highest BCUT2D eigenvalue weighted by Gasteiger charge is 2.46. The predicted octanol–water partition coefficient (Wildman–Crippen LogP) is 5.05. The van der Waals surface area contributed by atoms with Crippen LogP contribution in [0.2, 0.25) is 0 Å². The molecule has 2 atom stereocenters. The summed E-state index contributed by atoms with van der Waals surface area (Å²) in [4.78, 5) is 17.2. The van der Waals surface area contributed by atoms with E-state index in [1.165, 1.54) is 12.1 Å². The fraction of sp³-hybridized carbons (Fsp3) is 0.286. The van der Waals surface area contributed by atoms with E-state index in [0.717, 1.165) is 12.1 Å². The minimum absolute atomic E-state index is 0.176. The van der Waals surface area contributed by atoms with Gasteiger partial charge >= 0.3 is 6.36 Å². The van der Waals surface area contributed by atoms with Gasteiger partial charge in [0.15, 0.2) is 0 Å². The van der Waals surface area contributed by atoms with Crippen LogP contribution in [-0.4, -0.2) is 27.8 Å². The number of alkyl halides is 4. The minimum atomic E-state index is -4.77. The quantitative estimate of drug-likeness (QED) is 0.549. The van der Waals surface area contributed by atoms with Crippen LogP contribution in [0, 0.1) is 0 Å². The van der Waals surface area contributed by atoms with Crippen LogP contribution in [0.15, 0.2) is 59.1 Å². The van der Waals surface area contributed by atoms with Crippen molar-refractivity contribution in [3.8, 4) is 17.1 Å². The zero-order valence-electron chi connectivity index (χ0n) is 16.0. The van der Waals surface area contributed by atoms with Gasteiger partial charge in [0.25, 0.3) is 11.8 Å². The minimum Gasteiger partial charge on any atom is -0.406 e. The van der Waals surface area contributed by atoms with Gasteiger partial charge < -0.3 is 14.6 Å². The Morgan fingerprint density at radius 1 is 1.16 bits per heavy atom. The van der Waals surface area contributed by atoms with E-state index in [4.69, 9.17) is 16.1 Å². The number of nitrogens with one attached hydrogen (secondary N) is 1. The molecule has 1 heterocycles. The van der Waals surface area contributed by atoms with Crippen molar-refractivity contribution >= 4 is 17.5 Å². The van der Waals surface area contributed by atoms with Gasteiger partial charge in [0, 0.05) is 16.5 Å². The van der Waals surface area contributed by atoms with E-state index in [2.05, 4.69) is 20.2 Å². The lowest BCUT2D eigenvalue weighted by atomic mass is 9.96. The third kappa shape index (κ3) is 4.82. The molecule has 2 unspecified atom stereocenters. The zero-order valence-corrected chi connectivity index (χ0v) is 16.8. The van der Waals surface area contributed by atoms with E-state index < -0.39 is 11.9 Å². The van der Waals surface area contributed by atoms with Crippen LogP contribution < -0.4 is 10.1 Å². The molecule has 1 saturated carbocycles. The number of carbonyl (C=O) groups is 1. The lowest BCUT2D eigenvalue weighted by Gasteiger charge is -2.26. The van der Waals surface area contributed by atoms with Crippen molar-refractivity contribution in [2.24, 2.45) is 0 Å².